The fourth-order valence-corrected chi connectivity index (χ4v) is 7.05. The Kier molecular flexibility index (Phi) is 6.29. The van der Waals surface area contributed by atoms with Gasteiger partial charge in [-0.2, -0.15) is 13.2 Å². The van der Waals surface area contributed by atoms with Gasteiger partial charge in [0.2, 0.25) is 0 Å². The predicted octanol–water partition coefficient (Wildman–Crippen LogP) is 7.41. The van der Waals surface area contributed by atoms with Gasteiger partial charge in [0.15, 0.2) is 5.78 Å². The number of pyridine rings is 1. The second-order valence-corrected chi connectivity index (χ2v) is 11.6. The van der Waals surface area contributed by atoms with E-state index in [-0.39, 0.29) is 30.0 Å². The third-order valence-corrected chi connectivity index (χ3v) is 9.03. The van der Waals surface area contributed by atoms with Crippen LogP contribution in [0.25, 0.3) is 0 Å². The van der Waals surface area contributed by atoms with Crippen LogP contribution >= 0.6 is 0 Å². The number of aldehydes is 1. The first-order valence-electron chi connectivity index (χ1n) is 13.1. The summed E-state index contributed by atoms with van der Waals surface area (Å²) in [6.45, 7) is 4.25. The summed E-state index contributed by atoms with van der Waals surface area (Å²) in [5.41, 5.74) is 3.10. The van der Waals surface area contributed by atoms with E-state index in [0.29, 0.717) is 43.5 Å². The Morgan fingerprint density at radius 3 is 2.40 bits per heavy atom. The van der Waals surface area contributed by atoms with Crippen molar-refractivity contribution in [3.05, 3.63) is 51.9 Å². The summed E-state index contributed by atoms with van der Waals surface area (Å²) < 4.78 is 40.2. The Labute approximate surface area is 205 Å². The van der Waals surface area contributed by atoms with Crippen LogP contribution < -0.4 is 0 Å². The molecule has 3 nitrogen and oxygen atoms in total. The summed E-state index contributed by atoms with van der Waals surface area (Å²) in [6.07, 6.45) is 6.65. The number of carbonyl (C=O) groups is 2. The molecule has 0 aliphatic heterocycles. The van der Waals surface area contributed by atoms with Crippen molar-refractivity contribution in [2.45, 2.75) is 96.1 Å². The Morgan fingerprint density at radius 1 is 1.06 bits per heavy atom. The molecule has 1 unspecified atom stereocenters. The normalized spacial score (nSPS) is 29.5. The summed E-state index contributed by atoms with van der Waals surface area (Å²) in [7, 11) is 0. The Morgan fingerprint density at radius 2 is 1.77 bits per heavy atom. The molecule has 4 aliphatic carbocycles. The van der Waals surface area contributed by atoms with E-state index in [1.165, 1.54) is 30.9 Å². The molecule has 0 saturated heterocycles. The molecule has 35 heavy (non-hydrogen) atoms. The van der Waals surface area contributed by atoms with Crippen LogP contribution in [0.5, 0.6) is 0 Å². The van der Waals surface area contributed by atoms with E-state index in [2.05, 4.69) is 19.9 Å². The third kappa shape index (κ3) is 4.42. The van der Waals surface area contributed by atoms with Crippen LogP contribution in [0, 0.1) is 17.3 Å². The number of rotatable bonds is 4. The van der Waals surface area contributed by atoms with Gasteiger partial charge >= 0.3 is 6.18 Å². The maximum atomic E-state index is 13.5. The topological polar surface area (TPSA) is 47.0 Å². The number of aromatic nitrogens is 1. The van der Waals surface area contributed by atoms with Crippen LogP contribution in [-0.4, -0.2) is 23.2 Å². The molecule has 0 amide bonds. The smallest absolute Gasteiger partial charge is 0.298 e. The van der Waals surface area contributed by atoms with Crippen molar-refractivity contribution in [2.75, 3.05) is 0 Å². The van der Waals surface area contributed by atoms with Gasteiger partial charge in [-0.1, -0.05) is 45.3 Å². The van der Waals surface area contributed by atoms with Crippen molar-refractivity contribution in [1.82, 2.24) is 4.98 Å². The number of fused-ring (bicyclic) bond motifs is 1. The summed E-state index contributed by atoms with van der Waals surface area (Å²) in [5, 5.41) is 0. The molecule has 6 heteroatoms. The molecule has 0 bridgehead atoms. The Hall–Kier alpha value is -2.24. The van der Waals surface area contributed by atoms with Gasteiger partial charge in [-0.15, -0.1) is 0 Å². The summed E-state index contributed by atoms with van der Waals surface area (Å²) in [4.78, 5) is 30.1. The van der Waals surface area contributed by atoms with Crippen molar-refractivity contribution in [2.24, 2.45) is 17.3 Å². The zero-order valence-corrected chi connectivity index (χ0v) is 20.6. The van der Waals surface area contributed by atoms with Crippen LogP contribution in [0.4, 0.5) is 13.2 Å². The van der Waals surface area contributed by atoms with E-state index >= 15 is 0 Å². The number of halogens is 3. The molecule has 0 N–H and O–H groups in total. The largest absolute Gasteiger partial charge is 0.412 e. The highest BCUT2D eigenvalue weighted by atomic mass is 19.4. The van der Waals surface area contributed by atoms with Gasteiger partial charge in [0, 0.05) is 28.7 Å². The molecular weight excluding hydrogens is 451 g/mol. The monoisotopic (exact) mass is 485 g/mol. The molecule has 2 fully saturated rings. The van der Waals surface area contributed by atoms with Crippen molar-refractivity contribution >= 4 is 12.1 Å². The van der Waals surface area contributed by atoms with Crippen molar-refractivity contribution in [3.63, 3.8) is 0 Å². The quantitative estimate of drug-likeness (QED) is 0.417. The predicted molar refractivity (Wildman–Crippen MR) is 128 cm³/mol. The standard InChI is InChI=1S/C29H34F3NO2/c1-17(2)24-12-23(18-6-4-3-5-7-18)27-25(33-24)10-19(11-26(27)35)20-13-28(14-20)15-21(29(30,31)32)8-9-22(28)16-34/h8-9,12,16-20H,3-7,10-11,13-15H2,1-2H3. The lowest BCUT2D eigenvalue weighted by atomic mass is 9.51. The van der Waals surface area contributed by atoms with Gasteiger partial charge in [0.1, 0.15) is 6.29 Å². The fraction of sp³-hybridized carbons (Fsp3) is 0.621. The molecule has 1 aromatic rings. The summed E-state index contributed by atoms with van der Waals surface area (Å²) in [6, 6.07) is 2.17. The zero-order valence-electron chi connectivity index (χ0n) is 20.6. The van der Waals surface area contributed by atoms with Crippen LogP contribution in [0.3, 0.4) is 0 Å². The molecule has 4 aliphatic rings. The minimum absolute atomic E-state index is 0.0721. The van der Waals surface area contributed by atoms with Crippen LogP contribution in [0.2, 0.25) is 0 Å². The van der Waals surface area contributed by atoms with Gasteiger partial charge < -0.3 is 0 Å². The van der Waals surface area contributed by atoms with Crippen LogP contribution in [0.15, 0.2) is 29.4 Å². The first-order valence-corrected chi connectivity index (χ1v) is 13.1. The number of hydrogen-bond acceptors (Lipinski definition) is 3. The molecule has 1 atom stereocenters. The van der Waals surface area contributed by atoms with E-state index in [0.717, 1.165) is 35.9 Å². The molecule has 188 valence electrons. The summed E-state index contributed by atoms with van der Waals surface area (Å²) in [5.74, 6) is 1.03. The lowest BCUT2D eigenvalue weighted by molar-refractivity contribution is -0.111. The number of carbonyl (C=O) groups excluding carboxylic acids is 2. The number of alkyl halides is 3. The molecule has 0 aromatic carbocycles. The minimum Gasteiger partial charge on any atom is -0.298 e. The van der Waals surface area contributed by atoms with Crippen molar-refractivity contribution < 1.29 is 22.8 Å². The molecule has 1 heterocycles. The van der Waals surface area contributed by atoms with Gasteiger partial charge in [0.25, 0.3) is 0 Å². The van der Waals surface area contributed by atoms with E-state index in [1.807, 2.05) is 0 Å². The first-order chi connectivity index (χ1) is 16.6. The van der Waals surface area contributed by atoms with Gasteiger partial charge in [-0.3, -0.25) is 14.6 Å². The number of allylic oxidation sites excluding steroid dienone is 4. The number of hydrogen-bond donors (Lipinski definition) is 0. The number of ketones is 1. The molecule has 1 spiro atoms. The molecule has 1 aromatic heterocycles. The van der Waals surface area contributed by atoms with E-state index < -0.39 is 17.2 Å². The average molecular weight is 486 g/mol. The number of nitrogens with zero attached hydrogens (tertiary/aromatic N) is 1. The Bertz CT molecular complexity index is 1090. The van der Waals surface area contributed by atoms with E-state index in [1.54, 1.807) is 0 Å². The number of Topliss-reactive ketones (excluding diaryl/α,β-unsaturated/α-hetero) is 1. The zero-order chi connectivity index (χ0) is 25.0. The third-order valence-electron chi connectivity index (χ3n) is 9.03. The second-order valence-electron chi connectivity index (χ2n) is 11.6. The first kappa shape index (κ1) is 24.5. The highest BCUT2D eigenvalue weighted by Crippen LogP contribution is 2.60. The van der Waals surface area contributed by atoms with Crippen LogP contribution in [0.1, 0.15) is 111 Å². The van der Waals surface area contributed by atoms with Gasteiger partial charge in [0.05, 0.1) is 5.69 Å². The molecule has 5 rings (SSSR count). The lowest BCUT2D eigenvalue weighted by Gasteiger charge is -2.53. The SMILES string of the molecule is CC(C)c1cc(C2CCCCC2)c2c(n1)CC(C1CC3(CC(C(F)(F)F)=CC=C3C=O)C1)CC2=O. The average Bonchev–Trinajstić information content (AvgIpc) is 2.81. The molecule has 2 saturated carbocycles. The highest BCUT2D eigenvalue weighted by molar-refractivity contribution is 6.00. The van der Waals surface area contributed by atoms with Gasteiger partial charge in [-0.25, -0.2) is 0 Å². The summed E-state index contributed by atoms with van der Waals surface area (Å²) >= 11 is 0. The highest BCUT2D eigenvalue weighted by Gasteiger charge is 2.54. The second kappa shape index (κ2) is 9.01. The lowest BCUT2D eigenvalue weighted by Crippen LogP contribution is -2.46. The molecule has 0 radical (unpaired) electrons. The molecular formula is C29H34F3NO2. The van der Waals surface area contributed by atoms with Crippen molar-refractivity contribution in [3.8, 4) is 0 Å². The van der Waals surface area contributed by atoms with Crippen molar-refractivity contribution in [1.29, 1.82) is 0 Å². The Balaban J connectivity index is 1.39. The van der Waals surface area contributed by atoms with E-state index in [9.17, 15) is 22.8 Å². The maximum absolute atomic E-state index is 13.5. The fourth-order valence-electron chi connectivity index (χ4n) is 7.05. The minimum atomic E-state index is -4.38. The van der Waals surface area contributed by atoms with Gasteiger partial charge in [-0.05, 0) is 79.4 Å². The maximum Gasteiger partial charge on any atom is 0.412 e. The van der Waals surface area contributed by atoms with Crippen LogP contribution in [-0.2, 0) is 11.2 Å². The van der Waals surface area contributed by atoms with E-state index in [4.69, 9.17) is 4.98 Å².